The van der Waals surface area contributed by atoms with Gasteiger partial charge >= 0.3 is 0 Å². The highest BCUT2D eigenvalue weighted by molar-refractivity contribution is 5.82. The summed E-state index contributed by atoms with van der Waals surface area (Å²) in [5.74, 6) is 0.193. The molecule has 140 valence electrons. The zero-order valence-corrected chi connectivity index (χ0v) is 15.6. The van der Waals surface area contributed by atoms with Crippen LogP contribution < -0.4 is 5.32 Å². The van der Waals surface area contributed by atoms with Crippen molar-refractivity contribution >= 4 is 22.7 Å². The van der Waals surface area contributed by atoms with E-state index in [1.54, 1.807) is 0 Å². The molecule has 2 heterocycles. The predicted octanol–water partition coefficient (Wildman–Crippen LogP) is 3.19. The van der Waals surface area contributed by atoms with Crippen LogP contribution in [0.25, 0.3) is 10.9 Å². The third-order valence-corrected chi connectivity index (χ3v) is 5.22. The molecule has 1 N–H and O–H groups in total. The molecule has 0 saturated carbocycles. The van der Waals surface area contributed by atoms with Crippen molar-refractivity contribution in [3.63, 3.8) is 0 Å². The topological polar surface area (TPSA) is 54.3 Å². The lowest BCUT2D eigenvalue weighted by Gasteiger charge is -2.32. The average Bonchev–Trinajstić information content (AvgIpc) is 3.09. The molecule has 2 amide bonds. The number of aryl methyl sites for hydroxylation is 1. The van der Waals surface area contributed by atoms with E-state index < -0.39 is 0 Å². The molecule has 0 radical (unpaired) electrons. The molecule has 1 atom stereocenters. The van der Waals surface area contributed by atoms with Gasteiger partial charge < -0.3 is 14.8 Å². The van der Waals surface area contributed by atoms with Gasteiger partial charge in [-0.25, -0.2) is 0 Å². The smallest absolute Gasteiger partial charge is 0.224 e. The van der Waals surface area contributed by atoms with Crippen molar-refractivity contribution < 1.29 is 9.59 Å². The number of carbonyl (C=O) groups is 2. The highest BCUT2D eigenvalue weighted by atomic mass is 16.2. The van der Waals surface area contributed by atoms with Crippen molar-refractivity contribution in [3.05, 3.63) is 36.5 Å². The molecular formula is C21H29N3O2. The van der Waals surface area contributed by atoms with Gasteiger partial charge in [0.05, 0.1) is 5.92 Å². The van der Waals surface area contributed by atoms with Gasteiger partial charge in [-0.2, -0.15) is 0 Å². The van der Waals surface area contributed by atoms with Crippen molar-refractivity contribution in [2.75, 3.05) is 19.6 Å². The molecule has 1 aromatic carbocycles. The van der Waals surface area contributed by atoms with E-state index in [1.807, 2.05) is 23.2 Å². The summed E-state index contributed by atoms with van der Waals surface area (Å²) >= 11 is 0. The van der Waals surface area contributed by atoms with Crippen molar-refractivity contribution in [2.45, 2.75) is 45.6 Å². The van der Waals surface area contributed by atoms with Crippen LogP contribution in [0.2, 0.25) is 0 Å². The summed E-state index contributed by atoms with van der Waals surface area (Å²) in [7, 11) is 0. The monoisotopic (exact) mass is 355 g/mol. The number of likely N-dealkylation sites (tertiary alicyclic amines) is 1. The number of hydrogen-bond acceptors (Lipinski definition) is 2. The van der Waals surface area contributed by atoms with E-state index in [0.717, 1.165) is 44.3 Å². The maximum absolute atomic E-state index is 12.6. The first-order valence-electron chi connectivity index (χ1n) is 9.78. The van der Waals surface area contributed by atoms with E-state index in [9.17, 15) is 9.59 Å². The van der Waals surface area contributed by atoms with Gasteiger partial charge in [-0.3, -0.25) is 9.59 Å². The number of unbranched alkanes of at least 4 members (excludes halogenated alkanes) is 1. The van der Waals surface area contributed by atoms with E-state index in [2.05, 4.69) is 35.0 Å². The molecule has 26 heavy (non-hydrogen) atoms. The Kier molecular flexibility index (Phi) is 6.31. The van der Waals surface area contributed by atoms with Gasteiger partial charge in [-0.15, -0.1) is 0 Å². The first-order chi connectivity index (χ1) is 12.7. The summed E-state index contributed by atoms with van der Waals surface area (Å²) < 4.78 is 2.13. The van der Waals surface area contributed by atoms with Crippen molar-refractivity contribution in [1.82, 2.24) is 14.8 Å². The van der Waals surface area contributed by atoms with Gasteiger partial charge in [0.15, 0.2) is 0 Å². The van der Waals surface area contributed by atoms with Crippen molar-refractivity contribution in [2.24, 2.45) is 5.92 Å². The van der Waals surface area contributed by atoms with E-state index in [4.69, 9.17) is 0 Å². The Bertz CT molecular complexity index is 753. The molecule has 1 aliphatic heterocycles. The minimum absolute atomic E-state index is 0.0584. The molecule has 0 bridgehead atoms. The Morgan fingerprint density at radius 3 is 2.92 bits per heavy atom. The second-order valence-corrected chi connectivity index (χ2v) is 7.14. The lowest BCUT2D eigenvalue weighted by atomic mass is 9.97. The van der Waals surface area contributed by atoms with E-state index in [1.165, 1.54) is 5.39 Å². The Hall–Kier alpha value is -2.30. The minimum atomic E-state index is -0.0584. The molecule has 1 unspecified atom stereocenters. The fraction of sp³-hybridized carbons (Fsp3) is 0.524. The van der Waals surface area contributed by atoms with Gasteiger partial charge in [-0.05, 0) is 36.8 Å². The average molecular weight is 355 g/mol. The predicted molar refractivity (Wildman–Crippen MR) is 104 cm³/mol. The first-order valence-corrected chi connectivity index (χ1v) is 9.78. The molecule has 2 aromatic rings. The number of amides is 2. The number of carbonyl (C=O) groups excluding carboxylic acids is 2. The fourth-order valence-corrected chi connectivity index (χ4v) is 3.66. The molecule has 1 aromatic heterocycles. The number of hydrogen-bond donors (Lipinski definition) is 1. The van der Waals surface area contributed by atoms with Crippen LogP contribution in [0.1, 0.15) is 39.0 Å². The molecule has 5 heteroatoms. The number of para-hydroxylation sites is 1. The van der Waals surface area contributed by atoms with Crippen molar-refractivity contribution in [3.8, 4) is 0 Å². The number of fused-ring (bicyclic) bond motifs is 1. The first kappa shape index (κ1) is 18.5. The maximum Gasteiger partial charge on any atom is 0.224 e. The summed E-state index contributed by atoms with van der Waals surface area (Å²) in [5.41, 5.74) is 1.16. The second kappa shape index (κ2) is 8.88. The van der Waals surface area contributed by atoms with Gasteiger partial charge in [0, 0.05) is 44.3 Å². The molecule has 5 nitrogen and oxygen atoms in total. The summed E-state index contributed by atoms with van der Waals surface area (Å²) in [4.78, 5) is 26.8. The highest BCUT2D eigenvalue weighted by Gasteiger charge is 2.27. The third kappa shape index (κ3) is 4.45. The number of aromatic nitrogens is 1. The van der Waals surface area contributed by atoms with Crippen molar-refractivity contribution in [1.29, 1.82) is 0 Å². The number of piperidine rings is 1. The fourth-order valence-electron chi connectivity index (χ4n) is 3.66. The standard InChI is InChI=1S/C21H29N3O2/c1-2-3-12-22-21(26)18-8-6-13-24(16-18)20(25)11-15-23-14-10-17-7-4-5-9-19(17)23/h4-5,7,9-10,14,18H,2-3,6,8,11-13,15-16H2,1H3,(H,22,26). The lowest BCUT2D eigenvalue weighted by molar-refractivity contribution is -0.135. The number of rotatable bonds is 7. The zero-order valence-electron chi connectivity index (χ0n) is 15.6. The normalized spacial score (nSPS) is 17.4. The van der Waals surface area contributed by atoms with Gasteiger partial charge in [0.25, 0.3) is 0 Å². The Labute approximate surface area is 155 Å². The Morgan fingerprint density at radius 2 is 2.08 bits per heavy atom. The van der Waals surface area contributed by atoms with Crippen LogP contribution in [0.15, 0.2) is 36.5 Å². The zero-order chi connectivity index (χ0) is 18.4. The van der Waals surface area contributed by atoms with Crippen LogP contribution in [-0.2, 0) is 16.1 Å². The summed E-state index contributed by atoms with van der Waals surface area (Å²) in [6.45, 7) is 4.85. The molecule has 3 rings (SSSR count). The van der Waals surface area contributed by atoms with Crippen LogP contribution in [0, 0.1) is 5.92 Å². The molecule has 1 aliphatic rings. The maximum atomic E-state index is 12.6. The Morgan fingerprint density at radius 1 is 1.23 bits per heavy atom. The van der Waals surface area contributed by atoms with Crippen LogP contribution in [0.5, 0.6) is 0 Å². The quantitative estimate of drug-likeness (QED) is 0.776. The molecule has 0 spiro atoms. The molecule has 0 aliphatic carbocycles. The number of benzene rings is 1. The number of nitrogens with one attached hydrogen (secondary N) is 1. The number of nitrogens with zero attached hydrogens (tertiary/aromatic N) is 2. The van der Waals surface area contributed by atoms with Crippen LogP contribution in [-0.4, -0.2) is 40.9 Å². The van der Waals surface area contributed by atoms with Gasteiger partial charge in [0.1, 0.15) is 0 Å². The third-order valence-electron chi connectivity index (χ3n) is 5.22. The van der Waals surface area contributed by atoms with E-state index in [-0.39, 0.29) is 17.7 Å². The lowest BCUT2D eigenvalue weighted by Crippen LogP contribution is -2.45. The molecular weight excluding hydrogens is 326 g/mol. The SMILES string of the molecule is CCCCNC(=O)C1CCCN(C(=O)CCn2ccc3ccccc32)C1. The molecule has 1 saturated heterocycles. The minimum Gasteiger partial charge on any atom is -0.356 e. The van der Waals surface area contributed by atoms with E-state index in [0.29, 0.717) is 19.5 Å². The van der Waals surface area contributed by atoms with Gasteiger partial charge in [0.2, 0.25) is 11.8 Å². The molecule has 1 fully saturated rings. The van der Waals surface area contributed by atoms with Crippen LogP contribution in [0.3, 0.4) is 0 Å². The summed E-state index contributed by atoms with van der Waals surface area (Å²) in [5, 5.41) is 4.20. The summed E-state index contributed by atoms with van der Waals surface area (Å²) in [6.07, 6.45) is 6.38. The van der Waals surface area contributed by atoms with Crippen LogP contribution >= 0.6 is 0 Å². The Balaban J connectivity index is 1.52. The van der Waals surface area contributed by atoms with Crippen LogP contribution in [0.4, 0.5) is 0 Å². The van der Waals surface area contributed by atoms with Gasteiger partial charge in [-0.1, -0.05) is 31.5 Å². The second-order valence-electron chi connectivity index (χ2n) is 7.14. The van der Waals surface area contributed by atoms with E-state index >= 15 is 0 Å². The highest BCUT2D eigenvalue weighted by Crippen LogP contribution is 2.19. The largest absolute Gasteiger partial charge is 0.356 e. The summed E-state index contributed by atoms with van der Waals surface area (Å²) in [6, 6.07) is 10.3.